The van der Waals surface area contributed by atoms with Gasteiger partial charge in [-0.15, -0.1) is 17.9 Å². The predicted molar refractivity (Wildman–Crippen MR) is 97.3 cm³/mol. The van der Waals surface area contributed by atoms with E-state index in [1.54, 1.807) is 11.3 Å². The molecule has 0 saturated heterocycles. The minimum atomic E-state index is 0. The average Bonchev–Trinajstić information content (AvgIpc) is 2.91. The fraction of sp³-hybridized carbons (Fsp3) is 0.0556. The van der Waals surface area contributed by atoms with Gasteiger partial charge in [-0.2, -0.15) is 0 Å². The van der Waals surface area contributed by atoms with Crippen LogP contribution in [0, 0.1) is 0 Å². The van der Waals surface area contributed by atoms with E-state index in [4.69, 9.17) is 4.99 Å². The van der Waals surface area contributed by atoms with Crippen LogP contribution in [0.4, 0.5) is 5.69 Å². The molecule has 0 aliphatic rings. The minimum absolute atomic E-state index is 0. The zero-order valence-corrected chi connectivity index (χ0v) is 16.3. The lowest BCUT2D eigenvalue weighted by molar-refractivity contribution is -0.00000421. The number of hydrogen-bond donors (Lipinski definition) is 0. The second kappa shape index (κ2) is 8.43. The van der Waals surface area contributed by atoms with Crippen LogP contribution >= 0.6 is 27.3 Å². The molecule has 2 aromatic carbocycles. The topological polar surface area (TPSA) is 17.3 Å². The maximum atomic E-state index is 4.77. The maximum absolute atomic E-state index is 4.77. The van der Waals surface area contributed by atoms with Gasteiger partial charge in [0.05, 0.1) is 11.4 Å². The van der Waals surface area contributed by atoms with Gasteiger partial charge in [0, 0.05) is 16.4 Å². The highest BCUT2D eigenvalue weighted by Crippen LogP contribution is 2.21. The van der Waals surface area contributed by atoms with Crippen molar-refractivity contribution in [2.45, 2.75) is 6.54 Å². The first-order valence-electron chi connectivity index (χ1n) is 6.93. The van der Waals surface area contributed by atoms with Gasteiger partial charge in [-0.1, -0.05) is 58.4 Å². The molecule has 0 saturated carbocycles. The summed E-state index contributed by atoms with van der Waals surface area (Å²) in [4.78, 5) is 5.74. The minimum Gasteiger partial charge on any atom is -1.00 e. The fourth-order valence-electron chi connectivity index (χ4n) is 2.22. The maximum Gasteiger partial charge on any atom is 0.190 e. The molecule has 5 heteroatoms. The van der Waals surface area contributed by atoms with Crippen molar-refractivity contribution >= 4 is 33.0 Å². The summed E-state index contributed by atoms with van der Waals surface area (Å²) in [6.07, 6.45) is 1.90. The first-order valence-corrected chi connectivity index (χ1v) is 8.60. The monoisotopic (exact) mass is 449 g/mol. The summed E-state index contributed by atoms with van der Waals surface area (Å²) in [6.45, 7) is 4.60. The number of halogens is 2. The lowest BCUT2D eigenvalue weighted by Crippen LogP contribution is -3.00. The zero-order chi connectivity index (χ0) is 15.4. The van der Waals surface area contributed by atoms with E-state index in [0.29, 0.717) is 0 Å². The van der Waals surface area contributed by atoms with E-state index >= 15 is 0 Å². The van der Waals surface area contributed by atoms with E-state index in [2.05, 4.69) is 56.7 Å². The molecule has 3 aromatic rings. The van der Waals surface area contributed by atoms with E-state index in [0.717, 1.165) is 21.5 Å². The van der Waals surface area contributed by atoms with Crippen LogP contribution in [0.5, 0.6) is 0 Å². The average molecular weight is 451 g/mol. The summed E-state index contributed by atoms with van der Waals surface area (Å²) in [5.74, 6) is 0. The quantitative estimate of drug-likeness (QED) is 0.543. The van der Waals surface area contributed by atoms with Crippen LogP contribution in [0.3, 0.4) is 0 Å². The molecule has 2 nitrogen and oxygen atoms in total. The Morgan fingerprint density at radius 2 is 1.91 bits per heavy atom. The molecule has 0 amide bonds. The number of allylic oxidation sites excluding steroid dienone is 1. The van der Waals surface area contributed by atoms with E-state index in [-0.39, 0.29) is 17.0 Å². The van der Waals surface area contributed by atoms with Crippen LogP contribution in [-0.2, 0) is 6.54 Å². The second-order valence-electron chi connectivity index (χ2n) is 4.76. The highest BCUT2D eigenvalue weighted by Gasteiger charge is 2.06. The fourth-order valence-corrected chi connectivity index (χ4v) is 3.55. The van der Waals surface area contributed by atoms with E-state index in [1.807, 2.05) is 36.4 Å². The van der Waals surface area contributed by atoms with Gasteiger partial charge in [-0.05, 0) is 23.8 Å². The Hall–Kier alpha value is -1.43. The van der Waals surface area contributed by atoms with Crippen molar-refractivity contribution in [1.82, 2.24) is 4.57 Å². The first kappa shape index (κ1) is 17.9. The summed E-state index contributed by atoms with van der Waals surface area (Å²) in [5, 5.41) is 2.15. The SMILES string of the molecule is C=CCn1c(-c2ccccc2)csc1=Nc1cccc(Br)c1.[Br-]. The number of hydrogen-bond acceptors (Lipinski definition) is 2. The van der Waals surface area contributed by atoms with Gasteiger partial charge in [0.15, 0.2) is 4.80 Å². The Balaban J connectivity index is 0.00000192. The molecule has 118 valence electrons. The molecule has 0 bridgehead atoms. The van der Waals surface area contributed by atoms with Crippen molar-refractivity contribution in [3.8, 4) is 11.3 Å². The van der Waals surface area contributed by atoms with Crippen LogP contribution in [0.25, 0.3) is 11.3 Å². The summed E-state index contributed by atoms with van der Waals surface area (Å²) < 4.78 is 3.22. The molecular formula is C18H15Br2N2S-. The molecule has 0 radical (unpaired) electrons. The standard InChI is InChI=1S/C18H15BrN2S.BrH/c1-2-11-21-17(14-7-4-3-5-8-14)13-22-18(21)20-16-10-6-9-15(19)12-16;/h2-10,12-13H,1,11H2;1H/p-1. The smallest absolute Gasteiger partial charge is 0.190 e. The molecule has 0 aliphatic carbocycles. The lowest BCUT2D eigenvalue weighted by atomic mass is 10.2. The summed E-state index contributed by atoms with van der Waals surface area (Å²) >= 11 is 5.13. The third-order valence-corrected chi connectivity index (χ3v) is 4.57. The first-order chi connectivity index (χ1) is 10.8. The normalized spacial score (nSPS) is 11.1. The number of rotatable bonds is 4. The zero-order valence-electron chi connectivity index (χ0n) is 12.3. The van der Waals surface area contributed by atoms with Crippen molar-refractivity contribution in [3.05, 3.63) is 81.9 Å². The molecule has 0 aliphatic heterocycles. The van der Waals surface area contributed by atoms with E-state index in [1.165, 1.54) is 11.3 Å². The van der Waals surface area contributed by atoms with Crippen molar-refractivity contribution in [2.75, 3.05) is 0 Å². The largest absolute Gasteiger partial charge is 1.00 e. The summed E-state index contributed by atoms with van der Waals surface area (Å²) in [7, 11) is 0. The van der Waals surface area contributed by atoms with Gasteiger partial charge in [-0.3, -0.25) is 0 Å². The highest BCUT2D eigenvalue weighted by atomic mass is 79.9. The molecule has 1 aromatic heterocycles. The molecule has 1 heterocycles. The third-order valence-electron chi connectivity index (χ3n) is 3.21. The molecule has 3 rings (SSSR count). The van der Waals surface area contributed by atoms with Crippen LogP contribution < -0.4 is 21.8 Å². The van der Waals surface area contributed by atoms with Gasteiger partial charge >= 0.3 is 0 Å². The Morgan fingerprint density at radius 1 is 1.13 bits per heavy atom. The number of benzene rings is 2. The molecule has 0 atom stereocenters. The molecule has 0 fully saturated rings. The number of thiazole rings is 1. The van der Waals surface area contributed by atoms with E-state index < -0.39 is 0 Å². The second-order valence-corrected chi connectivity index (χ2v) is 6.51. The van der Waals surface area contributed by atoms with Gasteiger partial charge in [0.1, 0.15) is 0 Å². The van der Waals surface area contributed by atoms with Crippen LogP contribution in [0.2, 0.25) is 0 Å². The van der Waals surface area contributed by atoms with Crippen molar-refractivity contribution < 1.29 is 17.0 Å². The number of nitrogens with zero attached hydrogens (tertiary/aromatic N) is 2. The number of aromatic nitrogens is 1. The Morgan fingerprint density at radius 3 is 2.61 bits per heavy atom. The van der Waals surface area contributed by atoms with Crippen molar-refractivity contribution in [1.29, 1.82) is 0 Å². The van der Waals surface area contributed by atoms with Crippen LogP contribution in [0.15, 0.2) is 82.1 Å². The molecule has 0 spiro atoms. The predicted octanol–water partition coefficient (Wildman–Crippen LogP) is 2.40. The Labute approximate surface area is 158 Å². The Kier molecular flexibility index (Phi) is 6.57. The summed E-state index contributed by atoms with van der Waals surface area (Å²) in [5.41, 5.74) is 3.30. The molecular weight excluding hydrogens is 436 g/mol. The molecule has 23 heavy (non-hydrogen) atoms. The van der Waals surface area contributed by atoms with Crippen molar-refractivity contribution in [3.63, 3.8) is 0 Å². The Bertz CT molecular complexity index is 851. The third kappa shape index (κ3) is 4.31. The van der Waals surface area contributed by atoms with Gasteiger partial charge < -0.3 is 21.5 Å². The van der Waals surface area contributed by atoms with Gasteiger partial charge in [0.25, 0.3) is 0 Å². The lowest BCUT2D eigenvalue weighted by Gasteiger charge is -2.06. The van der Waals surface area contributed by atoms with Gasteiger partial charge in [0.2, 0.25) is 0 Å². The van der Waals surface area contributed by atoms with Crippen molar-refractivity contribution in [2.24, 2.45) is 4.99 Å². The highest BCUT2D eigenvalue weighted by molar-refractivity contribution is 9.10. The summed E-state index contributed by atoms with van der Waals surface area (Å²) in [6, 6.07) is 18.4. The molecule has 0 unspecified atom stereocenters. The molecule has 0 N–H and O–H groups in total. The van der Waals surface area contributed by atoms with Gasteiger partial charge in [-0.25, -0.2) is 4.99 Å². The van der Waals surface area contributed by atoms with Crippen LogP contribution in [0.1, 0.15) is 0 Å². The van der Waals surface area contributed by atoms with E-state index in [9.17, 15) is 0 Å². The van der Waals surface area contributed by atoms with Crippen LogP contribution in [-0.4, -0.2) is 4.57 Å².